The van der Waals surface area contributed by atoms with Gasteiger partial charge in [-0.25, -0.2) is 4.79 Å². The van der Waals surface area contributed by atoms with Gasteiger partial charge in [0, 0.05) is 35.3 Å². The summed E-state index contributed by atoms with van der Waals surface area (Å²) in [5.74, 6) is -0.157. The first kappa shape index (κ1) is 19.8. The number of halogens is 1. The fourth-order valence-corrected chi connectivity index (χ4v) is 3.18. The van der Waals surface area contributed by atoms with Crippen molar-refractivity contribution >= 4 is 39.9 Å². The van der Waals surface area contributed by atoms with Crippen LogP contribution >= 0.6 is 11.6 Å². The lowest BCUT2D eigenvalue weighted by atomic mass is 10.1. The predicted octanol–water partition coefficient (Wildman–Crippen LogP) is 4.55. The van der Waals surface area contributed by atoms with E-state index in [2.05, 4.69) is 24.1 Å². The monoisotopic (exact) mass is 400 g/mol. The van der Waals surface area contributed by atoms with Gasteiger partial charge in [0.05, 0.1) is 12.8 Å². The maximum atomic E-state index is 12.6. The van der Waals surface area contributed by atoms with Crippen molar-refractivity contribution in [3.63, 3.8) is 0 Å². The Morgan fingerprint density at radius 3 is 2.57 bits per heavy atom. The lowest BCUT2D eigenvalue weighted by Gasteiger charge is -2.21. The summed E-state index contributed by atoms with van der Waals surface area (Å²) in [5, 5.41) is 3.76. The highest BCUT2D eigenvalue weighted by Crippen LogP contribution is 2.28. The van der Waals surface area contributed by atoms with Crippen LogP contribution in [0, 0.1) is 0 Å². The summed E-state index contributed by atoms with van der Waals surface area (Å²) in [7, 11) is 1.48. The van der Waals surface area contributed by atoms with Crippen molar-refractivity contribution in [2.24, 2.45) is 0 Å². The minimum atomic E-state index is -0.706. The predicted molar refractivity (Wildman–Crippen MR) is 112 cm³/mol. The van der Waals surface area contributed by atoms with Crippen LogP contribution in [0.15, 0.2) is 51.7 Å². The minimum Gasteiger partial charge on any atom is -0.495 e. The molecular formula is C21H21ClN2O4. The van der Waals surface area contributed by atoms with Gasteiger partial charge in [0.1, 0.15) is 16.9 Å². The molecule has 1 N–H and O–H groups in total. The van der Waals surface area contributed by atoms with Crippen LogP contribution in [0.25, 0.3) is 11.0 Å². The number of methoxy groups -OCH3 is 1. The van der Waals surface area contributed by atoms with Gasteiger partial charge >= 0.3 is 5.63 Å². The molecule has 0 aliphatic heterocycles. The van der Waals surface area contributed by atoms with Gasteiger partial charge in [0.15, 0.2) is 0 Å². The lowest BCUT2D eigenvalue weighted by molar-refractivity contribution is 0.102. The van der Waals surface area contributed by atoms with Gasteiger partial charge in [-0.2, -0.15) is 0 Å². The number of rotatable bonds is 6. The molecule has 0 aliphatic carbocycles. The molecule has 0 fully saturated rings. The second-order valence-corrected chi connectivity index (χ2v) is 6.58. The van der Waals surface area contributed by atoms with Crippen LogP contribution in [-0.4, -0.2) is 26.1 Å². The molecule has 0 spiro atoms. The molecule has 1 amide bonds. The third kappa shape index (κ3) is 3.97. The molecule has 28 heavy (non-hydrogen) atoms. The number of hydrogen-bond acceptors (Lipinski definition) is 5. The summed E-state index contributed by atoms with van der Waals surface area (Å²) in [4.78, 5) is 27.2. The van der Waals surface area contributed by atoms with Crippen LogP contribution in [0.5, 0.6) is 5.75 Å². The summed E-state index contributed by atoms with van der Waals surface area (Å²) < 4.78 is 10.6. The number of hydrogen-bond donors (Lipinski definition) is 1. The van der Waals surface area contributed by atoms with E-state index in [-0.39, 0.29) is 5.56 Å². The first-order chi connectivity index (χ1) is 13.5. The fraction of sp³-hybridized carbons (Fsp3) is 0.238. The maximum absolute atomic E-state index is 12.6. The Hall–Kier alpha value is -2.99. The molecule has 0 unspecified atom stereocenters. The summed E-state index contributed by atoms with van der Waals surface area (Å²) in [6.45, 7) is 5.80. The molecule has 0 atom stereocenters. The number of carbonyl (C=O) groups is 1. The zero-order valence-electron chi connectivity index (χ0n) is 15.9. The molecule has 7 heteroatoms. The quantitative estimate of drug-likeness (QED) is 0.614. The Morgan fingerprint density at radius 2 is 1.89 bits per heavy atom. The Kier molecular flexibility index (Phi) is 5.90. The first-order valence-corrected chi connectivity index (χ1v) is 9.32. The summed E-state index contributed by atoms with van der Waals surface area (Å²) in [5.41, 5.74) is 0.969. The molecule has 146 valence electrons. The highest BCUT2D eigenvalue weighted by Gasteiger charge is 2.17. The zero-order valence-corrected chi connectivity index (χ0v) is 16.7. The molecule has 0 bridgehead atoms. The van der Waals surface area contributed by atoms with Crippen molar-refractivity contribution in [3.05, 3.63) is 63.5 Å². The Bertz CT molecular complexity index is 1070. The molecule has 2 aromatic carbocycles. The molecule has 0 radical (unpaired) electrons. The molecule has 0 aliphatic rings. The van der Waals surface area contributed by atoms with Gasteiger partial charge in [-0.3, -0.25) is 4.79 Å². The number of fused-ring (bicyclic) bond motifs is 1. The highest BCUT2D eigenvalue weighted by molar-refractivity contribution is 6.31. The third-order valence-electron chi connectivity index (χ3n) is 4.50. The molecule has 0 saturated heterocycles. The molecule has 3 aromatic rings. The Labute approximate surface area is 167 Å². The molecule has 0 saturated carbocycles. The second-order valence-electron chi connectivity index (χ2n) is 6.14. The highest BCUT2D eigenvalue weighted by atomic mass is 35.5. The third-order valence-corrected chi connectivity index (χ3v) is 4.74. The largest absolute Gasteiger partial charge is 0.495 e. The van der Waals surface area contributed by atoms with Gasteiger partial charge in [-0.15, -0.1) is 0 Å². The van der Waals surface area contributed by atoms with Crippen molar-refractivity contribution in [1.82, 2.24) is 0 Å². The van der Waals surface area contributed by atoms with Crippen molar-refractivity contribution in [3.8, 4) is 5.75 Å². The van der Waals surface area contributed by atoms with E-state index in [1.807, 2.05) is 18.2 Å². The average molecular weight is 401 g/mol. The van der Waals surface area contributed by atoms with Crippen LogP contribution in [0.4, 0.5) is 11.4 Å². The summed E-state index contributed by atoms with van der Waals surface area (Å²) >= 11 is 5.99. The SMILES string of the molecule is CCN(CC)c1ccc2cc(C(=O)Nc3cc(Cl)ccc3OC)c(=O)oc2c1. The summed E-state index contributed by atoms with van der Waals surface area (Å²) in [6.07, 6.45) is 0. The standard InChI is InChI=1S/C21H21ClN2O4/c1-4-24(5-2)15-8-6-13-10-16(21(26)28-19(13)12-15)20(25)23-17-11-14(22)7-9-18(17)27-3/h6-12H,4-5H2,1-3H3,(H,23,25). The van der Waals surface area contributed by atoms with E-state index in [4.69, 9.17) is 20.8 Å². The van der Waals surface area contributed by atoms with Crippen molar-refractivity contribution in [2.75, 3.05) is 30.4 Å². The van der Waals surface area contributed by atoms with Crippen LogP contribution in [0.3, 0.4) is 0 Å². The van der Waals surface area contributed by atoms with Gasteiger partial charge in [-0.1, -0.05) is 11.6 Å². The zero-order chi connectivity index (χ0) is 20.3. The van der Waals surface area contributed by atoms with Crippen molar-refractivity contribution in [2.45, 2.75) is 13.8 Å². The van der Waals surface area contributed by atoms with E-state index in [9.17, 15) is 9.59 Å². The minimum absolute atomic E-state index is 0.0925. The second kappa shape index (κ2) is 8.35. The summed E-state index contributed by atoms with van der Waals surface area (Å²) in [6, 6.07) is 11.9. The van der Waals surface area contributed by atoms with E-state index >= 15 is 0 Å². The first-order valence-electron chi connectivity index (χ1n) is 8.94. The topological polar surface area (TPSA) is 71.8 Å². The smallest absolute Gasteiger partial charge is 0.349 e. The molecule has 3 rings (SSSR count). The van der Waals surface area contributed by atoms with Crippen molar-refractivity contribution < 1.29 is 13.9 Å². The van der Waals surface area contributed by atoms with E-state index in [1.165, 1.54) is 13.2 Å². The number of amides is 1. The molecular weight excluding hydrogens is 380 g/mol. The molecule has 1 heterocycles. The Balaban J connectivity index is 1.96. The molecule has 6 nitrogen and oxygen atoms in total. The maximum Gasteiger partial charge on any atom is 0.349 e. The lowest BCUT2D eigenvalue weighted by Crippen LogP contribution is -2.22. The van der Waals surface area contributed by atoms with Crippen molar-refractivity contribution in [1.29, 1.82) is 0 Å². The number of benzene rings is 2. The number of anilines is 2. The fourth-order valence-electron chi connectivity index (χ4n) is 3.01. The van der Waals surface area contributed by atoms with E-state index in [0.29, 0.717) is 27.4 Å². The van der Waals surface area contributed by atoms with E-state index < -0.39 is 11.5 Å². The van der Waals surface area contributed by atoms with Gasteiger partial charge < -0.3 is 19.4 Å². The number of nitrogens with one attached hydrogen (secondary N) is 1. The van der Waals surface area contributed by atoms with E-state index in [1.54, 1.807) is 18.2 Å². The molecule has 1 aromatic heterocycles. The van der Waals surface area contributed by atoms with Gasteiger partial charge in [0.25, 0.3) is 5.91 Å². The van der Waals surface area contributed by atoms with Crippen LogP contribution in [0.2, 0.25) is 5.02 Å². The van der Waals surface area contributed by atoms with E-state index in [0.717, 1.165) is 18.8 Å². The normalized spacial score (nSPS) is 10.7. The van der Waals surface area contributed by atoms with Crippen LogP contribution < -0.4 is 20.6 Å². The number of carbonyl (C=O) groups excluding carboxylic acids is 1. The van der Waals surface area contributed by atoms with Gasteiger partial charge in [-0.05, 0) is 50.2 Å². The van der Waals surface area contributed by atoms with Gasteiger partial charge in [0.2, 0.25) is 0 Å². The van der Waals surface area contributed by atoms with Crippen LogP contribution in [-0.2, 0) is 0 Å². The number of ether oxygens (including phenoxy) is 1. The number of nitrogens with zero attached hydrogens (tertiary/aromatic N) is 1. The average Bonchev–Trinajstić information content (AvgIpc) is 2.68. The van der Waals surface area contributed by atoms with Crippen LogP contribution in [0.1, 0.15) is 24.2 Å². The Morgan fingerprint density at radius 1 is 1.14 bits per heavy atom.